The summed E-state index contributed by atoms with van der Waals surface area (Å²) in [6.45, 7) is 3.87. The van der Waals surface area contributed by atoms with Crippen molar-refractivity contribution in [3.05, 3.63) is 33.8 Å². The molecule has 124 valence electrons. The third kappa shape index (κ3) is 6.02. The van der Waals surface area contributed by atoms with E-state index in [1.54, 1.807) is 26.1 Å². The molecule has 0 saturated heterocycles. The summed E-state index contributed by atoms with van der Waals surface area (Å²) in [7, 11) is -1.37. The minimum Gasteiger partial charge on any atom is -0.355 e. The van der Waals surface area contributed by atoms with Crippen molar-refractivity contribution in [3.8, 4) is 0 Å². The van der Waals surface area contributed by atoms with Crippen LogP contribution in [0.3, 0.4) is 0 Å². The lowest BCUT2D eigenvalue weighted by Gasteiger charge is -2.19. The molecule has 22 heavy (non-hydrogen) atoms. The van der Waals surface area contributed by atoms with Gasteiger partial charge in [0.15, 0.2) is 15.8 Å². The zero-order valence-electron chi connectivity index (χ0n) is 12.9. The predicted molar refractivity (Wildman–Crippen MR) is 93.7 cm³/mol. The van der Waals surface area contributed by atoms with E-state index in [1.807, 2.05) is 13.0 Å². The topological polar surface area (TPSA) is 70.6 Å². The van der Waals surface area contributed by atoms with Crippen LogP contribution in [0.5, 0.6) is 0 Å². The highest BCUT2D eigenvalue weighted by Crippen LogP contribution is 2.25. The highest BCUT2D eigenvalue weighted by Gasteiger charge is 2.12. The lowest BCUT2D eigenvalue weighted by Crippen LogP contribution is -2.40. The minimum atomic E-state index is -3.00. The molecule has 0 aromatic heterocycles. The van der Waals surface area contributed by atoms with E-state index in [1.165, 1.54) is 0 Å². The number of rotatable bonds is 6. The lowest BCUT2D eigenvalue weighted by molar-refractivity contribution is 0.595. The Morgan fingerprint density at radius 3 is 2.59 bits per heavy atom. The van der Waals surface area contributed by atoms with Gasteiger partial charge in [-0.2, -0.15) is 0 Å². The van der Waals surface area contributed by atoms with Crippen LogP contribution < -0.4 is 10.6 Å². The van der Waals surface area contributed by atoms with Crippen LogP contribution in [0, 0.1) is 0 Å². The molecule has 0 radical (unpaired) electrons. The number of benzene rings is 1. The third-order valence-corrected chi connectivity index (χ3v) is 5.42. The molecule has 0 aliphatic heterocycles. The van der Waals surface area contributed by atoms with Crippen LogP contribution in [0.4, 0.5) is 0 Å². The zero-order valence-corrected chi connectivity index (χ0v) is 15.2. The maximum Gasteiger partial charge on any atom is 0.191 e. The second kappa shape index (κ2) is 8.60. The SMILES string of the molecule is CCS(=O)(=O)CCNC(=NC)NC(C)c1ccc(Cl)cc1Cl. The van der Waals surface area contributed by atoms with E-state index in [4.69, 9.17) is 23.2 Å². The van der Waals surface area contributed by atoms with Gasteiger partial charge in [0.1, 0.15) is 0 Å². The maximum atomic E-state index is 11.5. The zero-order chi connectivity index (χ0) is 16.8. The Balaban J connectivity index is 2.62. The summed E-state index contributed by atoms with van der Waals surface area (Å²) in [5.74, 6) is 0.724. The van der Waals surface area contributed by atoms with Gasteiger partial charge < -0.3 is 10.6 Å². The Morgan fingerprint density at radius 1 is 1.36 bits per heavy atom. The third-order valence-electron chi connectivity index (χ3n) is 3.15. The van der Waals surface area contributed by atoms with Crippen molar-refractivity contribution < 1.29 is 8.42 Å². The minimum absolute atomic E-state index is 0.0697. The van der Waals surface area contributed by atoms with Gasteiger partial charge in [0.25, 0.3) is 0 Å². The number of aliphatic imine (C=N–C) groups is 1. The predicted octanol–water partition coefficient (Wildman–Crippen LogP) is 2.65. The van der Waals surface area contributed by atoms with E-state index in [-0.39, 0.29) is 17.5 Å². The quantitative estimate of drug-likeness (QED) is 0.600. The molecule has 0 bridgehead atoms. The first-order chi connectivity index (χ1) is 10.3. The molecule has 1 atom stereocenters. The Labute approximate surface area is 142 Å². The van der Waals surface area contributed by atoms with Gasteiger partial charge in [-0.05, 0) is 24.6 Å². The van der Waals surface area contributed by atoms with Gasteiger partial charge in [0.2, 0.25) is 0 Å². The van der Waals surface area contributed by atoms with E-state index in [0.717, 1.165) is 5.56 Å². The number of hydrogen-bond donors (Lipinski definition) is 2. The van der Waals surface area contributed by atoms with E-state index >= 15 is 0 Å². The summed E-state index contributed by atoms with van der Waals surface area (Å²) in [6, 6.07) is 5.20. The van der Waals surface area contributed by atoms with Crippen molar-refractivity contribution in [2.75, 3.05) is 25.1 Å². The van der Waals surface area contributed by atoms with Gasteiger partial charge in [-0.1, -0.05) is 36.2 Å². The smallest absolute Gasteiger partial charge is 0.191 e. The number of nitrogens with zero attached hydrogens (tertiary/aromatic N) is 1. The molecular weight excluding hydrogens is 345 g/mol. The van der Waals surface area contributed by atoms with Crippen molar-refractivity contribution in [2.24, 2.45) is 4.99 Å². The first-order valence-electron chi connectivity index (χ1n) is 6.91. The molecule has 0 aliphatic rings. The molecule has 5 nitrogen and oxygen atoms in total. The number of hydrogen-bond acceptors (Lipinski definition) is 3. The number of sulfone groups is 1. The van der Waals surface area contributed by atoms with Crippen LogP contribution in [-0.2, 0) is 9.84 Å². The number of halogens is 2. The molecule has 2 N–H and O–H groups in total. The second-order valence-electron chi connectivity index (χ2n) is 4.77. The largest absolute Gasteiger partial charge is 0.355 e. The van der Waals surface area contributed by atoms with Crippen molar-refractivity contribution in [1.29, 1.82) is 0 Å². The van der Waals surface area contributed by atoms with Crippen LogP contribution in [0.1, 0.15) is 25.5 Å². The van der Waals surface area contributed by atoms with E-state index in [2.05, 4.69) is 15.6 Å². The molecule has 1 rings (SSSR count). The maximum absolute atomic E-state index is 11.5. The first-order valence-corrected chi connectivity index (χ1v) is 9.49. The Hall–Kier alpha value is -0.980. The molecule has 8 heteroatoms. The number of guanidine groups is 1. The summed E-state index contributed by atoms with van der Waals surface area (Å²) in [4.78, 5) is 4.08. The normalized spacial score (nSPS) is 13.8. The van der Waals surface area contributed by atoms with Crippen LogP contribution in [0.2, 0.25) is 10.0 Å². The lowest BCUT2D eigenvalue weighted by atomic mass is 10.1. The fraction of sp³-hybridized carbons (Fsp3) is 0.500. The first kappa shape index (κ1) is 19.1. The van der Waals surface area contributed by atoms with Crippen LogP contribution >= 0.6 is 23.2 Å². The highest BCUT2D eigenvalue weighted by atomic mass is 35.5. The van der Waals surface area contributed by atoms with Crippen molar-refractivity contribution in [3.63, 3.8) is 0 Å². The van der Waals surface area contributed by atoms with Gasteiger partial charge in [-0.15, -0.1) is 0 Å². The Bertz CT molecular complexity index is 633. The summed E-state index contributed by atoms with van der Waals surface area (Å²) in [6.07, 6.45) is 0. The van der Waals surface area contributed by atoms with Crippen molar-refractivity contribution in [1.82, 2.24) is 10.6 Å². The van der Waals surface area contributed by atoms with Crippen LogP contribution in [0.25, 0.3) is 0 Å². The Morgan fingerprint density at radius 2 is 2.05 bits per heavy atom. The fourth-order valence-corrected chi connectivity index (χ4v) is 3.07. The summed E-state index contributed by atoms with van der Waals surface area (Å²) in [5, 5.41) is 7.29. The summed E-state index contributed by atoms with van der Waals surface area (Å²) >= 11 is 12.1. The van der Waals surface area contributed by atoms with E-state index in [9.17, 15) is 8.42 Å². The molecule has 0 heterocycles. The van der Waals surface area contributed by atoms with Crippen molar-refractivity contribution in [2.45, 2.75) is 19.9 Å². The molecule has 0 amide bonds. The highest BCUT2D eigenvalue weighted by molar-refractivity contribution is 7.91. The average Bonchev–Trinajstić information content (AvgIpc) is 2.45. The van der Waals surface area contributed by atoms with E-state index < -0.39 is 9.84 Å². The van der Waals surface area contributed by atoms with Gasteiger partial charge >= 0.3 is 0 Å². The molecule has 0 spiro atoms. The number of nitrogens with one attached hydrogen (secondary N) is 2. The molecule has 1 aromatic rings. The Kier molecular flexibility index (Phi) is 7.45. The van der Waals surface area contributed by atoms with Crippen LogP contribution in [0.15, 0.2) is 23.2 Å². The molecule has 0 aliphatic carbocycles. The molecular formula is C14H21Cl2N3O2S. The van der Waals surface area contributed by atoms with Crippen LogP contribution in [-0.4, -0.2) is 39.5 Å². The molecule has 0 fully saturated rings. The summed E-state index contributed by atoms with van der Waals surface area (Å²) in [5.41, 5.74) is 0.884. The van der Waals surface area contributed by atoms with Gasteiger partial charge in [-0.25, -0.2) is 8.42 Å². The van der Waals surface area contributed by atoms with Gasteiger partial charge in [0.05, 0.1) is 11.8 Å². The van der Waals surface area contributed by atoms with Gasteiger partial charge in [-0.3, -0.25) is 4.99 Å². The van der Waals surface area contributed by atoms with E-state index in [0.29, 0.717) is 22.5 Å². The molecule has 1 unspecified atom stereocenters. The summed E-state index contributed by atoms with van der Waals surface area (Å²) < 4.78 is 22.9. The van der Waals surface area contributed by atoms with Gasteiger partial charge in [0, 0.05) is 29.4 Å². The molecule has 0 saturated carbocycles. The fourth-order valence-electron chi connectivity index (χ4n) is 1.80. The monoisotopic (exact) mass is 365 g/mol. The molecule has 1 aromatic carbocycles. The second-order valence-corrected chi connectivity index (χ2v) is 8.08. The van der Waals surface area contributed by atoms with Crippen molar-refractivity contribution >= 4 is 39.0 Å². The standard InChI is InChI=1S/C14H21Cl2N3O2S/c1-4-22(20,21)8-7-18-14(17-3)19-10(2)12-6-5-11(15)9-13(12)16/h5-6,9-10H,4,7-8H2,1-3H3,(H2,17,18,19). The average molecular weight is 366 g/mol.